The molecule has 2 aliphatic heterocycles. The molecule has 32 heavy (non-hydrogen) atoms. The molecule has 8 nitrogen and oxygen atoms in total. The molecule has 0 unspecified atom stereocenters. The van der Waals surface area contributed by atoms with Gasteiger partial charge in [0.1, 0.15) is 12.3 Å². The molecule has 0 aromatic heterocycles. The second-order valence-electron chi connectivity index (χ2n) is 7.93. The summed E-state index contributed by atoms with van der Waals surface area (Å²) in [5, 5.41) is 21.8. The molecule has 2 heterocycles. The molecule has 0 saturated carbocycles. The third-order valence-electron chi connectivity index (χ3n) is 6.02. The Morgan fingerprint density at radius 1 is 1.19 bits per heavy atom. The van der Waals surface area contributed by atoms with Crippen LogP contribution in [0.5, 0.6) is 23.0 Å². The van der Waals surface area contributed by atoms with Crippen LogP contribution >= 0.6 is 0 Å². The van der Waals surface area contributed by atoms with Gasteiger partial charge in [0.25, 0.3) is 0 Å². The number of ketones is 1. The maximum atomic E-state index is 13.0. The number of hydrogen-bond donors (Lipinski definition) is 2. The number of carbonyl (C=O) groups is 1. The Morgan fingerprint density at radius 2 is 1.97 bits per heavy atom. The summed E-state index contributed by atoms with van der Waals surface area (Å²) in [5.41, 5.74) is 1.59. The number of hydrogen-bond acceptors (Lipinski definition) is 7. The van der Waals surface area contributed by atoms with Crippen molar-refractivity contribution >= 4 is 11.9 Å². The van der Waals surface area contributed by atoms with Gasteiger partial charge in [-0.25, -0.2) is 0 Å². The maximum absolute atomic E-state index is 13.0. The van der Waals surface area contributed by atoms with E-state index in [9.17, 15) is 9.90 Å². The molecule has 0 radical (unpaired) electrons. The second-order valence-corrected chi connectivity index (χ2v) is 7.93. The van der Waals surface area contributed by atoms with Crippen molar-refractivity contribution in [3.8, 4) is 23.0 Å². The molecule has 8 heteroatoms. The molecular formula is C24H28N2O6. The van der Waals surface area contributed by atoms with Gasteiger partial charge in [-0.3, -0.25) is 9.69 Å². The topological polar surface area (TPSA) is 95.7 Å². The lowest BCUT2D eigenvalue weighted by atomic mass is 10.0. The highest BCUT2D eigenvalue weighted by molar-refractivity contribution is 6.15. The van der Waals surface area contributed by atoms with Crippen molar-refractivity contribution in [1.82, 2.24) is 4.90 Å². The van der Waals surface area contributed by atoms with Crippen molar-refractivity contribution in [3.63, 3.8) is 0 Å². The van der Waals surface area contributed by atoms with E-state index in [0.29, 0.717) is 47.0 Å². The van der Waals surface area contributed by atoms with Crippen molar-refractivity contribution in [1.29, 1.82) is 0 Å². The van der Waals surface area contributed by atoms with Crippen LogP contribution in [-0.2, 0) is 6.54 Å². The van der Waals surface area contributed by atoms with Gasteiger partial charge in [-0.1, -0.05) is 23.9 Å². The number of benzene rings is 2. The molecule has 0 spiro atoms. The maximum Gasteiger partial charge on any atom is 0.231 e. The summed E-state index contributed by atoms with van der Waals surface area (Å²) in [4.78, 5) is 16.5. The van der Waals surface area contributed by atoms with E-state index in [1.807, 2.05) is 6.07 Å². The van der Waals surface area contributed by atoms with E-state index >= 15 is 0 Å². The van der Waals surface area contributed by atoms with Crippen LogP contribution in [-0.4, -0.2) is 69.3 Å². The molecule has 0 atom stereocenters. The highest BCUT2D eigenvalue weighted by Crippen LogP contribution is 2.39. The first-order chi connectivity index (χ1) is 15.5. The Morgan fingerprint density at radius 3 is 2.66 bits per heavy atom. The zero-order valence-electron chi connectivity index (χ0n) is 18.3. The first-order valence-electron chi connectivity index (χ1n) is 10.7. The quantitative estimate of drug-likeness (QED) is 0.589. The summed E-state index contributed by atoms with van der Waals surface area (Å²) < 4.78 is 16.7. The number of β-amino-alcohol motifs (C(OH)–C–C–N with tert-alkyl or cyclic N) is 1. The molecule has 170 valence electrons. The minimum atomic E-state index is -0.256. The summed E-state index contributed by atoms with van der Waals surface area (Å²) >= 11 is 0. The summed E-state index contributed by atoms with van der Waals surface area (Å²) in [5.74, 6) is 1.19. The molecule has 2 N–H and O–H groups in total. The third kappa shape index (κ3) is 4.29. The van der Waals surface area contributed by atoms with Gasteiger partial charge in [0.05, 0.1) is 39.5 Å². The van der Waals surface area contributed by atoms with Gasteiger partial charge in [0.15, 0.2) is 17.3 Å². The lowest BCUT2D eigenvalue weighted by molar-refractivity contribution is -0.918. The van der Waals surface area contributed by atoms with E-state index < -0.39 is 0 Å². The lowest BCUT2D eigenvalue weighted by Crippen LogP contribution is -3.13. The van der Waals surface area contributed by atoms with Crippen LogP contribution in [0.1, 0.15) is 21.5 Å². The predicted octanol–water partition coefficient (Wildman–Crippen LogP) is 0.0864. The molecule has 4 rings (SSSR count). The minimum Gasteiger partial charge on any atom is -0.872 e. The first kappa shape index (κ1) is 22.1. The van der Waals surface area contributed by atoms with Gasteiger partial charge in [-0.15, -0.1) is 0 Å². The number of fused-ring (bicyclic) bond motifs is 1. The number of para-hydroxylation sites is 1. The summed E-state index contributed by atoms with van der Waals surface area (Å²) in [6, 6.07) is 8.39. The molecule has 1 fully saturated rings. The number of aliphatic hydroxyl groups is 1. The van der Waals surface area contributed by atoms with Crippen LogP contribution in [0.4, 0.5) is 0 Å². The van der Waals surface area contributed by atoms with Crippen LogP contribution in [0, 0.1) is 0 Å². The number of nitrogens with one attached hydrogen (secondary N) is 1. The molecule has 0 bridgehead atoms. The lowest BCUT2D eigenvalue weighted by Gasteiger charge is -2.32. The summed E-state index contributed by atoms with van der Waals surface area (Å²) in [6.45, 7) is 4.76. The third-order valence-corrected chi connectivity index (χ3v) is 6.02. The van der Waals surface area contributed by atoms with Crippen LogP contribution in [0.25, 0.3) is 6.08 Å². The molecule has 0 amide bonds. The normalized spacial score (nSPS) is 18.0. The Hall–Kier alpha value is -3.07. The number of quaternary nitrogens is 1. The van der Waals surface area contributed by atoms with Gasteiger partial charge in [-0.2, -0.15) is 0 Å². The van der Waals surface area contributed by atoms with Crippen molar-refractivity contribution in [3.05, 3.63) is 52.8 Å². The van der Waals surface area contributed by atoms with Crippen molar-refractivity contribution in [2.45, 2.75) is 6.54 Å². The Kier molecular flexibility index (Phi) is 6.64. The summed E-state index contributed by atoms with van der Waals surface area (Å²) in [6.07, 6.45) is 1.62. The predicted molar refractivity (Wildman–Crippen MR) is 116 cm³/mol. The van der Waals surface area contributed by atoms with Gasteiger partial charge in [0, 0.05) is 30.8 Å². The van der Waals surface area contributed by atoms with E-state index in [1.54, 1.807) is 31.4 Å². The zero-order chi connectivity index (χ0) is 22.7. The van der Waals surface area contributed by atoms with Gasteiger partial charge in [-0.05, 0) is 18.2 Å². The standard InChI is InChI=1S/C24H28N2O6/c1-30-20-5-3-4-16(23(20)31-2)14-21-22(29)17-6-7-19(28)18(24(17)32-21)15-26-10-8-25(9-11-26)12-13-27/h3-7,14,27-28H,8-13,15H2,1-2H3/b21-14-. The number of Topliss-reactive ketones (excluding diaryl/α,β-unsaturated/α-hetero) is 1. The Balaban J connectivity index is 1.59. The first-order valence-corrected chi connectivity index (χ1v) is 10.7. The number of ether oxygens (including phenoxy) is 3. The average molecular weight is 440 g/mol. The van der Waals surface area contributed by atoms with Crippen LogP contribution in [0.2, 0.25) is 0 Å². The fourth-order valence-electron chi connectivity index (χ4n) is 4.28. The van der Waals surface area contributed by atoms with E-state index in [4.69, 9.17) is 19.3 Å². The highest BCUT2D eigenvalue weighted by Gasteiger charge is 2.32. The van der Waals surface area contributed by atoms with E-state index in [0.717, 1.165) is 26.2 Å². The molecule has 2 aliphatic rings. The van der Waals surface area contributed by atoms with Crippen LogP contribution in [0.3, 0.4) is 0 Å². The largest absolute Gasteiger partial charge is 0.872 e. The SMILES string of the molecule is COc1cccc(/C=C2\Oc3c(ccc([O-])c3C[NH+]3CCN(CCO)CC3)C2=O)c1OC. The number of methoxy groups -OCH3 is 2. The number of aliphatic hydroxyl groups excluding tert-OH is 1. The van der Waals surface area contributed by atoms with Crippen molar-refractivity contribution in [2.75, 3.05) is 53.6 Å². The fourth-order valence-corrected chi connectivity index (χ4v) is 4.28. The zero-order valence-corrected chi connectivity index (χ0v) is 18.3. The molecule has 1 saturated heterocycles. The smallest absolute Gasteiger partial charge is 0.231 e. The molecule has 2 aromatic rings. The number of nitrogens with zero attached hydrogens (tertiary/aromatic N) is 1. The molecule has 2 aromatic carbocycles. The fraction of sp³-hybridized carbons (Fsp3) is 0.375. The van der Waals surface area contributed by atoms with E-state index in [-0.39, 0.29) is 23.9 Å². The Bertz CT molecular complexity index is 1030. The van der Waals surface area contributed by atoms with Crippen molar-refractivity contribution in [2.24, 2.45) is 0 Å². The summed E-state index contributed by atoms with van der Waals surface area (Å²) in [7, 11) is 3.09. The van der Waals surface area contributed by atoms with Crippen molar-refractivity contribution < 1.29 is 34.1 Å². The minimum absolute atomic E-state index is 0.123. The number of allylic oxidation sites excluding steroid dienone is 1. The number of carbonyl (C=O) groups excluding carboxylic acids is 1. The Labute approximate surface area is 187 Å². The second kappa shape index (κ2) is 9.60. The van der Waals surface area contributed by atoms with E-state index in [2.05, 4.69) is 4.90 Å². The molecular weight excluding hydrogens is 412 g/mol. The highest BCUT2D eigenvalue weighted by atomic mass is 16.5. The van der Waals surface area contributed by atoms with E-state index in [1.165, 1.54) is 18.1 Å². The number of rotatable bonds is 7. The average Bonchev–Trinajstić information content (AvgIpc) is 3.12. The van der Waals surface area contributed by atoms with Gasteiger partial charge >= 0.3 is 0 Å². The molecule has 0 aliphatic carbocycles. The van der Waals surface area contributed by atoms with Gasteiger partial charge in [0.2, 0.25) is 5.78 Å². The van der Waals surface area contributed by atoms with Crippen LogP contribution in [0.15, 0.2) is 36.1 Å². The number of piperazine rings is 1. The van der Waals surface area contributed by atoms with Crippen LogP contribution < -0.4 is 24.2 Å². The monoisotopic (exact) mass is 440 g/mol. The van der Waals surface area contributed by atoms with Gasteiger partial charge < -0.3 is 29.3 Å².